The Labute approximate surface area is 129 Å². The summed E-state index contributed by atoms with van der Waals surface area (Å²) in [6, 6.07) is 9.63. The highest BCUT2D eigenvalue weighted by Gasteiger charge is 2.21. The molecule has 0 saturated carbocycles. The van der Waals surface area contributed by atoms with E-state index in [1.807, 2.05) is 18.2 Å². The largest absolute Gasteiger partial charge is 0.486 e. The van der Waals surface area contributed by atoms with Crippen LogP contribution in [0.15, 0.2) is 36.4 Å². The third-order valence-electron chi connectivity index (χ3n) is 3.33. The highest BCUT2D eigenvalue weighted by Crippen LogP contribution is 2.41. The lowest BCUT2D eigenvalue weighted by atomic mass is 10.0. The summed E-state index contributed by atoms with van der Waals surface area (Å²) in [6.45, 7) is 1.04. The van der Waals surface area contributed by atoms with Crippen LogP contribution in [0.5, 0.6) is 11.5 Å². The van der Waals surface area contributed by atoms with Gasteiger partial charge in [-0.25, -0.2) is 8.78 Å². The van der Waals surface area contributed by atoms with Crippen molar-refractivity contribution in [2.24, 2.45) is 0 Å². The van der Waals surface area contributed by atoms with Crippen LogP contribution in [0.1, 0.15) is 16.0 Å². The van der Waals surface area contributed by atoms with E-state index < -0.39 is 11.6 Å². The highest BCUT2D eigenvalue weighted by molar-refractivity contribution is 9.09. The van der Waals surface area contributed by atoms with Gasteiger partial charge in [-0.2, -0.15) is 0 Å². The first-order valence-electron chi connectivity index (χ1n) is 6.61. The molecule has 0 N–H and O–H groups in total. The molecule has 1 atom stereocenters. The third-order valence-corrected chi connectivity index (χ3v) is 4.15. The van der Waals surface area contributed by atoms with Gasteiger partial charge in [0.05, 0.1) is 0 Å². The Hall–Kier alpha value is -1.62. The number of rotatable bonds is 3. The summed E-state index contributed by atoms with van der Waals surface area (Å²) in [5.41, 5.74) is 1.65. The lowest BCUT2D eigenvalue weighted by molar-refractivity contribution is 0.170. The summed E-state index contributed by atoms with van der Waals surface area (Å²) in [4.78, 5) is -0.0704. The Morgan fingerprint density at radius 3 is 2.67 bits per heavy atom. The fourth-order valence-corrected chi connectivity index (χ4v) is 3.06. The molecule has 0 saturated heterocycles. The molecule has 5 heteroatoms. The van der Waals surface area contributed by atoms with Gasteiger partial charge in [-0.15, -0.1) is 0 Å². The van der Waals surface area contributed by atoms with Gasteiger partial charge in [-0.1, -0.05) is 34.1 Å². The standard InChI is InChI=1S/C16H13BrF2O2/c17-12(8-10-4-5-13(18)14(19)9-10)11-2-1-3-15-16(11)21-7-6-20-15/h1-5,9,12H,6-8H2. The molecule has 2 nitrogen and oxygen atoms in total. The topological polar surface area (TPSA) is 18.5 Å². The second-order valence-electron chi connectivity index (χ2n) is 4.79. The lowest BCUT2D eigenvalue weighted by Gasteiger charge is -2.23. The van der Waals surface area contributed by atoms with Gasteiger partial charge in [0.1, 0.15) is 13.2 Å². The van der Waals surface area contributed by atoms with E-state index in [4.69, 9.17) is 9.47 Å². The van der Waals surface area contributed by atoms with Crippen LogP contribution >= 0.6 is 15.9 Å². The number of fused-ring (bicyclic) bond motifs is 1. The van der Waals surface area contributed by atoms with Crippen molar-refractivity contribution in [2.75, 3.05) is 13.2 Å². The summed E-state index contributed by atoms with van der Waals surface area (Å²) in [6.07, 6.45) is 0.525. The molecular weight excluding hydrogens is 342 g/mol. The van der Waals surface area contributed by atoms with E-state index in [9.17, 15) is 8.78 Å². The zero-order valence-electron chi connectivity index (χ0n) is 11.1. The summed E-state index contributed by atoms with van der Waals surface area (Å²) in [5.74, 6) is -0.234. The van der Waals surface area contributed by atoms with Crippen LogP contribution in [-0.2, 0) is 6.42 Å². The molecule has 0 aromatic heterocycles. The first-order valence-corrected chi connectivity index (χ1v) is 7.53. The van der Waals surface area contributed by atoms with Gasteiger partial charge in [0.25, 0.3) is 0 Å². The van der Waals surface area contributed by atoms with Gasteiger partial charge in [-0.3, -0.25) is 0 Å². The summed E-state index contributed by atoms with van der Waals surface area (Å²) < 4.78 is 37.4. The number of ether oxygens (including phenoxy) is 2. The van der Waals surface area contributed by atoms with Crippen LogP contribution in [0.25, 0.3) is 0 Å². The molecule has 0 radical (unpaired) electrons. The minimum atomic E-state index is -0.835. The van der Waals surface area contributed by atoms with Crippen molar-refractivity contribution in [1.82, 2.24) is 0 Å². The molecule has 2 aromatic rings. The van der Waals surface area contributed by atoms with E-state index in [0.717, 1.165) is 11.6 Å². The van der Waals surface area contributed by atoms with Crippen molar-refractivity contribution in [2.45, 2.75) is 11.2 Å². The SMILES string of the molecule is Fc1ccc(CC(Br)c2cccc3c2OCCO3)cc1F. The minimum absolute atomic E-state index is 0.0704. The second-order valence-corrected chi connectivity index (χ2v) is 5.90. The molecule has 1 heterocycles. The molecular formula is C16H13BrF2O2. The monoisotopic (exact) mass is 354 g/mol. The van der Waals surface area contributed by atoms with Crippen molar-refractivity contribution >= 4 is 15.9 Å². The number of benzene rings is 2. The first kappa shape index (κ1) is 14.3. The van der Waals surface area contributed by atoms with Crippen LogP contribution in [0, 0.1) is 11.6 Å². The molecule has 1 aliphatic heterocycles. The molecule has 21 heavy (non-hydrogen) atoms. The van der Waals surface area contributed by atoms with Gasteiger partial charge >= 0.3 is 0 Å². The van der Waals surface area contributed by atoms with Crippen molar-refractivity contribution in [1.29, 1.82) is 0 Å². The number of hydrogen-bond acceptors (Lipinski definition) is 2. The Balaban J connectivity index is 1.85. The maximum Gasteiger partial charge on any atom is 0.165 e. The summed E-state index contributed by atoms with van der Waals surface area (Å²) in [7, 11) is 0. The van der Waals surface area contributed by atoms with Gasteiger partial charge in [0.2, 0.25) is 0 Å². The Morgan fingerprint density at radius 1 is 1.05 bits per heavy atom. The molecule has 0 aliphatic carbocycles. The van der Waals surface area contributed by atoms with Crippen molar-refractivity contribution in [3.05, 3.63) is 59.2 Å². The zero-order chi connectivity index (χ0) is 14.8. The van der Waals surface area contributed by atoms with Crippen LogP contribution in [-0.4, -0.2) is 13.2 Å². The molecule has 0 bridgehead atoms. The third kappa shape index (κ3) is 3.02. The maximum absolute atomic E-state index is 13.3. The lowest BCUT2D eigenvalue weighted by Crippen LogP contribution is -2.17. The number of halogens is 3. The number of hydrogen-bond donors (Lipinski definition) is 0. The summed E-state index contributed by atoms with van der Waals surface area (Å²) >= 11 is 3.59. The van der Waals surface area contributed by atoms with E-state index >= 15 is 0 Å². The fraction of sp³-hybridized carbons (Fsp3) is 0.250. The molecule has 1 unspecified atom stereocenters. The van der Waals surface area contributed by atoms with E-state index in [1.54, 1.807) is 6.07 Å². The van der Waals surface area contributed by atoms with E-state index in [0.29, 0.717) is 36.7 Å². The Morgan fingerprint density at radius 2 is 1.86 bits per heavy atom. The first-order chi connectivity index (χ1) is 10.1. The van der Waals surface area contributed by atoms with Crippen LogP contribution in [0.2, 0.25) is 0 Å². The minimum Gasteiger partial charge on any atom is -0.486 e. The number of alkyl halides is 1. The quantitative estimate of drug-likeness (QED) is 0.760. The van der Waals surface area contributed by atoms with Gasteiger partial charge in [0.15, 0.2) is 23.1 Å². The smallest absolute Gasteiger partial charge is 0.165 e. The van der Waals surface area contributed by atoms with Gasteiger partial charge in [-0.05, 0) is 30.2 Å². The molecule has 0 amide bonds. The van der Waals surface area contributed by atoms with Crippen molar-refractivity contribution in [3.8, 4) is 11.5 Å². The molecule has 110 valence electrons. The van der Waals surface area contributed by atoms with E-state index in [1.165, 1.54) is 6.07 Å². The average Bonchev–Trinajstić information content (AvgIpc) is 2.50. The second kappa shape index (κ2) is 6.02. The molecule has 2 aromatic carbocycles. The molecule has 0 fully saturated rings. The predicted molar refractivity (Wildman–Crippen MR) is 79.2 cm³/mol. The molecule has 3 rings (SSSR count). The Kier molecular flexibility index (Phi) is 4.10. The van der Waals surface area contributed by atoms with Gasteiger partial charge in [0, 0.05) is 10.4 Å². The summed E-state index contributed by atoms with van der Waals surface area (Å²) in [5, 5.41) is 0. The van der Waals surface area contributed by atoms with E-state index in [2.05, 4.69) is 15.9 Å². The molecule has 1 aliphatic rings. The van der Waals surface area contributed by atoms with Crippen molar-refractivity contribution < 1.29 is 18.3 Å². The zero-order valence-corrected chi connectivity index (χ0v) is 12.7. The van der Waals surface area contributed by atoms with Gasteiger partial charge < -0.3 is 9.47 Å². The number of para-hydroxylation sites is 1. The highest BCUT2D eigenvalue weighted by atomic mass is 79.9. The molecule has 0 spiro atoms. The normalized spacial score (nSPS) is 14.8. The van der Waals surface area contributed by atoms with Crippen LogP contribution in [0.3, 0.4) is 0 Å². The van der Waals surface area contributed by atoms with Crippen molar-refractivity contribution in [3.63, 3.8) is 0 Å². The predicted octanol–water partition coefficient (Wildman–Crippen LogP) is 4.41. The fourth-order valence-electron chi connectivity index (χ4n) is 2.33. The average molecular weight is 355 g/mol. The van der Waals surface area contributed by atoms with Crippen LogP contribution < -0.4 is 9.47 Å². The maximum atomic E-state index is 13.3. The van der Waals surface area contributed by atoms with E-state index in [-0.39, 0.29) is 4.83 Å². The van der Waals surface area contributed by atoms with Crippen LogP contribution in [0.4, 0.5) is 8.78 Å². The Bertz CT molecular complexity index is 661.